The molecule has 0 aromatic rings. The van der Waals surface area contributed by atoms with Crippen molar-refractivity contribution in [3.63, 3.8) is 0 Å². The van der Waals surface area contributed by atoms with E-state index in [2.05, 4.69) is 29.9 Å². The smallest absolute Gasteiger partial charge is 0.125 e. The van der Waals surface area contributed by atoms with Gasteiger partial charge in [-0.1, -0.05) is 19.6 Å². The average Bonchev–Trinajstić information content (AvgIpc) is 2.31. The van der Waals surface area contributed by atoms with Crippen LogP contribution in [-0.4, -0.2) is 12.4 Å². The van der Waals surface area contributed by atoms with E-state index in [9.17, 15) is 0 Å². The highest BCUT2D eigenvalue weighted by atomic mass is 15.0. The van der Waals surface area contributed by atoms with Gasteiger partial charge in [-0.15, -0.1) is 0 Å². The zero-order valence-electron chi connectivity index (χ0n) is 9.03. The maximum absolute atomic E-state index is 7.09. The van der Waals surface area contributed by atoms with Gasteiger partial charge in [0.05, 0.1) is 0 Å². The Hall–Kier alpha value is -1.64. The van der Waals surface area contributed by atoms with Crippen LogP contribution in [-0.2, 0) is 0 Å². The van der Waals surface area contributed by atoms with Crippen LogP contribution in [0.4, 0.5) is 0 Å². The Kier molecular flexibility index (Phi) is 4.54. The first kappa shape index (κ1) is 11.4. The zero-order valence-corrected chi connectivity index (χ0v) is 9.03. The molecule has 0 aliphatic carbocycles. The largest absolute Gasteiger partial charge is 0.346 e. The molecule has 0 aromatic carbocycles. The van der Waals surface area contributed by atoms with Crippen molar-refractivity contribution >= 4 is 12.4 Å². The molecule has 0 spiro atoms. The fourth-order valence-corrected chi connectivity index (χ4v) is 1.31. The van der Waals surface area contributed by atoms with Crippen LogP contribution < -0.4 is 5.32 Å². The summed E-state index contributed by atoms with van der Waals surface area (Å²) in [5, 5.41) is 10.2. The third-order valence-electron chi connectivity index (χ3n) is 2.35. The second-order valence-corrected chi connectivity index (χ2v) is 3.40. The molecule has 0 bridgehead atoms. The molecule has 1 atom stereocenters. The van der Waals surface area contributed by atoms with Crippen LogP contribution in [0.5, 0.6) is 0 Å². The molecule has 1 unspecified atom stereocenters. The molecule has 0 saturated carbocycles. The molecule has 80 valence electrons. The molecule has 15 heavy (non-hydrogen) atoms. The van der Waals surface area contributed by atoms with Crippen molar-refractivity contribution in [2.45, 2.75) is 19.8 Å². The van der Waals surface area contributed by atoms with Gasteiger partial charge < -0.3 is 10.7 Å². The summed E-state index contributed by atoms with van der Waals surface area (Å²) in [6.07, 6.45) is 10.8. The lowest BCUT2D eigenvalue weighted by Crippen LogP contribution is -2.11. The predicted molar refractivity (Wildman–Crippen MR) is 65.2 cm³/mol. The van der Waals surface area contributed by atoms with E-state index in [1.54, 1.807) is 12.3 Å². The lowest BCUT2D eigenvalue weighted by molar-refractivity contribution is 0.640. The Morgan fingerprint density at radius 2 is 2.60 bits per heavy atom. The first-order valence-electron chi connectivity index (χ1n) is 5.14. The first-order chi connectivity index (χ1) is 7.30. The van der Waals surface area contributed by atoms with Crippen molar-refractivity contribution in [1.82, 2.24) is 5.32 Å². The molecule has 0 saturated heterocycles. The summed E-state index contributed by atoms with van der Waals surface area (Å²) in [4.78, 5) is 4.24. The fraction of sp³-hybridized carbons (Fsp3) is 0.333. The van der Waals surface area contributed by atoms with E-state index in [-0.39, 0.29) is 0 Å². The highest BCUT2D eigenvalue weighted by Crippen LogP contribution is 2.15. The summed E-state index contributed by atoms with van der Waals surface area (Å²) in [7, 11) is 0. The average molecular weight is 203 g/mol. The molecule has 0 amide bonds. The Morgan fingerprint density at radius 1 is 1.80 bits per heavy atom. The van der Waals surface area contributed by atoms with E-state index in [0.717, 1.165) is 24.2 Å². The highest BCUT2D eigenvalue weighted by Gasteiger charge is 2.06. The van der Waals surface area contributed by atoms with Crippen LogP contribution >= 0.6 is 0 Å². The lowest BCUT2D eigenvalue weighted by Gasteiger charge is -2.13. The number of aliphatic imine (C=N–C) groups is 1. The molecule has 1 aliphatic heterocycles. The molecule has 2 N–H and O–H groups in total. The quantitative estimate of drug-likeness (QED) is 0.523. The van der Waals surface area contributed by atoms with Crippen LogP contribution in [0.15, 0.2) is 41.3 Å². The van der Waals surface area contributed by atoms with Crippen LogP contribution in [0.3, 0.4) is 0 Å². The third kappa shape index (κ3) is 3.54. The van der Waals surface area contributed by atoms with E-state index in [1.807, 2.05) is 6.21 Å². The van der Waals surface area contributed by atoms with Crippen molar-refractivity contribution in [2.75, 3.05) is 0 Å². The van der Waals surface area contributed by atoms with Gasteiger partial charge in [-0.2, -0.15) is 0 Å². The van der Waals surface area contributed by atoms with Gasteiger partial charge in [0.1, 0.15) is 5.82 Å². The van der Waals surface area contributed by atoms with E-state index in [0.29, 0.717) is 5.92 Å². The van der Waals surface area contributed by atoms with Crippen molar-refractivity contribution in [3.05, 3.63) is 36.3 Å². The Labute approximate surface area is 90.8 Å². The second-order valence-electron chi connectivity index (χ2n) is 3.40. The fourth-order valence-electron chi connectivity index (χ4n) is 1.31. The topological polar surface area (TPSA) is 48.2 Å². The van der Waals surface area contributed by atoms with Gasteiger partial charge in [0.15, 0.2) is 0 Å². The molecule has 1 heterocycles. The Morgan fingerprint density at radius 3 is 3.20 bits per heavy atom. The molecular formula is C12H17N3. The molecule has 1 aliphatic rings. The summed E-state index contributed by atoms with van der Waals surface area (Å²) in [5.41, 5.74) is 0.740. The molecule has 0 fully saturated rings. The second kappa shape index (κ2) is 5.96. The van der Waals surface area contributed by atoms with E-state index >= 15 is 0 Å². The molecule has 0 aromatic heterocycles. The lowest BCUT2D eigenvalue weighted by atomic mass is 10.0. The van der Waals surface area contributed by atoms with Gasteiger partial charge >= 0.3 is 0 Å². The van der Waals surface area contributed by atoms with Gasteiger partial charge in [-0.05, 0) is 24.8 Å². The minimum Gasteiger partial charge on any atom is -0.346 e. The number of rotatable bonds is 5. The van der Waals surface area contributed by atoms with Gasteiger partial charge in [0, 0.05) is 24.2 Å². The number of hydrogen-bond donors (Lipinski definition) is 2. The first-order valence-corrected chi connectivity index (χ1v) is 5.14. The number of allylic oxidation sites excluding steroid dienone is 3. The van der Waals surface area contributed by atoms with Gasteiger partial charge in [0.2, 0.25) is 0 Å². The summed E-state index contributed by atoms with van der Waals surface area (Å²) in [6.45, 7) is 5.78. The summed E-state index contributed by atoms with van der Waals surface area (Å²) >= 11 is 0. The van der Waals surface area contributed by atoms with Crippen LogP contribution in [0, 0.1) is 11.3 Å². The SMILES string of the molecule is C=C/C(C=N)=C/NC1=CC(CC)CC=N1. The molecular weight excluding hydrogens is 186 g/mol. The third-order valence-corrected chi connectivity index (χ3v) is 2.35. The maximum Gasteiger partial charge on any atom is 0.125 e. The number of nitrogens with zero attached hydrogens (tertiary/aromatic N) is 1. The summed E-state index contributed by atoms with van der Waals surface area (Å²) in [5.74, 6) is 1.43. The van der Waals surface area contributed by atoms with Crippen LogP contribution in [0.1, 0.15) is 19.8 Å². The van der Waals surface area contributed by atoms with Crippen molar-refractivity contribution in [3.8, 4) is 0 Å². The maximum atomic E-state index is 7.09. The minimum absolute atomic E-state index is 0.575. The van der Waals surface area contributed by atoms with E-state index < -0.39 is 0 Å². The summed E-state index contributed by atoms with van der Waals surface area (Å²) in [6, 6.07) is 0. The van der Waals surface area contributed by atoms with Crippen molar-refractivity contribution < 1.29 is 0 Å². The molecule has 3 nitrogen and oxygen atoms in total. The Bertz CT molecular complexity index is 314. The normalized spacial score (nSPS) is 20.7. The highest BCUT2D eigenvalue weighted by molar-refractivity contribution is 5.79. The van der Waals surface area contributed by atoms with Gasteiger partial charge in [0.25, 0.3) is 0 Å². The van der Waals surface area contributed by atoms with Gasteiger partial charge in [-0.25, -0.2) is 4.99 Å². The number of hydrogen-bond acceptors (Lipinski definition) is 3. The zero-order chi connectivity index (χ0) is 11.1. The molecule has 1 rings (SSSR count). The van der Waals surface area contributed by atoms with E-state index in [4.69, 9.17) is 5.41 Å². The van der Waals surface area contributed by atoms with E-state index in [1.165, 1.54) is 6.21 Å². The Balaban J connectivity index is 2.62. The van der Waals surface area contributed by atoms with Crippen LogP contribution in [0.25, 0.3) is 0 Å². The predicted octanol–water partition coefficient (Wildman–Crippen LogP) is 2.64. The standard InChI is InChI=1S/C12H17N3/c1-3-10-5-6-14-12(7-10)15-9-11(4-2)8-13/h4,6-10,13,15H,2-3,5H2,1H3/b11-9-,13-8?. The minimum atomic E-state index is 0.575. The van der Waals surface area contributed by atoms with Crippen molar-refractivity contribution in [2.24, 2.45) is 10.9 Å². The molecule has 3 heteroatoms. The summed E-state index contributed by atoms with van der Waals surface area (Å²) < 4.78 is 0. The number of nitrogens with one attached hydrogen (secondary N) is 2. The monoisotopic (exact) mass is 203 g/mol. The van der Waals surface area contributed by atoms with Crippen LogP contribution in [0.2, 0.25) is 0 Å². The van der Waals surface area contributed by atoms with Crippen molar-refractivity contribution in [1.29, 1.82) is 5.41 Å². The molecule has 0 radical (unpaired) electrons. The van der Waals surface area contributed by atoms with Gasteiger partial charge in [-0.3, -0.25) is 0 Å².